The Morgan fingerprint density at radius 3 is 2.42 bits per heavy atom. The maximum atomic E-state index is 12.8. The number of fused-ring (bicyclic) bond motifs is 1. The van der Waals surface area contributed by atoms with Gasteiger partial charge in [0, 0.05) is 37.6 Å². The zero-order chi connectivity index (χ0) is 23.4. The van der Waals surface area contributed by atoms with Gasteiger partial charge in [-0.2, -0.15) is 4.98 Å². The Bertz CT molecular complexity index is 1150. The van der Waals surface area contributed by atoms with Crippen molar-refractivity contribution in [2.75, 3.05) is 63.0 Å². The summed E-state index contributed by atoms with van der Waals surface area (Å²) < 4.78 is 16.3. The van der Waals surface area contributed by atoms with Crippen molar-refractivity contribution >= 4 is 34.4 Å². The summed E-state index contributed by atoms with van der Waals surface area (Å²) in [6, 6.07) is 10.8. The van der Waals surface area contributed by atoms with Crippen molar-refractivity contribution in [3.05, 3.63) is 36.4 Å². The van der Waals surface area contributed by atoms with Crippen molar-refractivity contribution in [3.8, 4) is 17.2 Å². The molecule has 0 atom stereocenters. The first kappa shape index (κ1) is 22.3. The zero-order valence-electron chi connectivity index (χ0n) is 19.0. The number of aromatic nitrogens is 2. The molecule has 1 fully saturated rings. The molecule has 2 amide bonds. The molecule has 1 aliphatic rings. The van der Waals surface area contributed by atoms with E-state index in [1.807, 2.05) is 36.1 Å². The number of para-hydroxylation sites is 2. The Balaban J connectivity index is 1.46. The first-order valence-electron chi connectivity index (χ1n) is 10.8. The van der Waals surface area contributed by atoms with Gasteiger partial charge in [0.05, 0.1) is 32.0 Å². The SMILES string of the molecule is CCOc1ccccc1NC(=O)N1CCN(c2nc(N)c3cc(OC)c(OC)cc3n2)CC1. The number of nitrogens with zero attached hydrogens (tertiary/aromatic N) is 4. The van der Waals surface area contributed by atoms with Crippen LogP contribution in [0.25, 0.3) is 10.9 Å². The minimum absolute atomic E-state index is 0.169. The van der Waals surface area contributed by atoms with Crippen LogP contribution < -0.4 is 30.2 Å². The number of hydrogen-bond acceptors (Lipinski definition) is 8. The minimum Gasteiger partial charge on any atom is -0.493 e. The molecular formula is C23H28N6O4. The smallest absolute Gasteiger partial charge is 0.322 e. The van der Waals surface area contributed by atoms with Crippen LogP contribution in [0.3, 0.4) is 0 Å². The zero-order valence-corrected chi connectivity index (χ0v) is 19.0. The third-order valence-corrected chi connectivity index (χ3v) is 5.50. The molecule has 0 spiro atoms. The van der Waals surface area contributed by atoms with Gasteiger partial charge < -0.3 is 35.1 Å². The van der Waals surface area contributed by atoms with E-state index < -0.39 is 0 Å². The predicted octanol–water partition coefficient (Wildman–Crippen LogP) is 2.98. The van der Waals surface area contributed by atoms with Crippen LogP contribution in [-0.2, 0) is 0 Å². The standard InChI is InChI=1S/C23H28N6O4/c1-4-33-18-8-6-5-7-16(18)26-23(30)29-11-9-28(10-12-29)22-25-17-14-20(32-3)19(31-2)13-15(17)21(24)27-22/h5-8,13-14H,4,9-12H2,1-3H3,(H,26,30)(H2,24,25,27). The van der Waals surface area contributed by atoms with Crippen molar-refractivity contribution in [3.63, 3.8) is 0 Å². The highest BCUT2D eigenvalue weighted by Crippen LogP contribution is 2.34. The quantitative estimate of drug-likeness (QED) is 0.587. The summed E-state index contributed by atoms with van der Waals surface area (Å²) in [6.07, 6.45) is 0. The molecule has 174 valence electrons. The van der Waals surface area contributed by atoms with Crippen LogP contribution in [-0.4, -0.2) is 67.9 Å². The van der Waals surface area contributed by atoms with Crippen LogP contribution in [0.5, 0.6) is 17.2 Å². The van der Waals surface area contributed by atoms with E-state index in [9.17, 15) is 4.79 Å². The molecule has 3 aromatic rings. The number of benzene rings is 2. The van der Waals surface area contributed by atoms with Crippen LogP contribution in [0.15, 0.2) is 36.4 Å². The van der Waals surface area contributed by atoms with Gasteiger partial charge in [-0.3, -0.25) is 0 Å². The van der Waals surface area contributed by atoms with Crippen molar-refractivity contribution in [2.45, 2.75) is 6.92 Å². The van der Waals surface area contributed by atoms with Gasteiger partial charge in [0.25, 0.3) is 0 Å². The van der Waals surface area contributed by atoms with Gasteiger partial charge in [-0.25, -0.2) is 9.78 Å². The van der Waals surface area contributed by atoms with Gasteiger partial charge in [0.2, 0.25) is 5.95 Å². The average Bonchev–Trinajstić information content (AvgIpc) is 2.84. The Morgan fingerprint density at radius 1 is 1.03 bits per heavy atom. The summed E-state index contributed by atoms with van der Waals surface area (Å²) in [6.45, 7) is 4.65. The third-order valence-electron chi connectivity index (χ3n) is 5.50. The van der Waals surface area contributed by atoms with Gasteiger partial charge in [-0.1, -0.05) is 12.1 Å². The number of hydrogen-bond donors (Lipinski definition) is 2. The second-order valence-corrected chi connectivity index (χ2v) is 7.47. The van der Waals surface area contributed by atoms with Gasteiger partial charge in [0.15, 0.2) is 11.5 Å². The summed E-state index contributed by atoms with van der Waals surface area (Å²) in [7, 11) is 3.15. The number of nitrogens with two attached hydrogens (primary N) is 1. The number of anilines is 3. The molecule has 0 unspecified atom stereocenters. The number of nitrogens with one attached hydrogen (secondary N) is 1. The summed E-state index contributed by atoms with van der Waals surface area (Å²) in [5.41, 5.74) is 7.54. The molecule has 0 radical (unpaired) electrons. The van der Waals surface area contributed by atoms with Gasteiger partial charge in [-0.15, -0.1) is 0 Å². The van der Waals surface area contributed by atoms with Crippen LogP contribution in [0.1, 0.15) is 6.92 Å². The number of urea groups is 1. The predicted molar refractivity (Wildman–Crippen MR) is 127 cm³/mol. The second-order valence-electron chi connectivity index (χ2n) is 7.47. The van der Waals surface area contributed by atoms with Crippen molar-refractivity contribution in [1.29, 1.82) is 0 Å². The number of carbonyl (C=O) groups is 1. The third kappa shape index (κ3) is 4.64. The highest BCUT2D eigenvalue weighted by molar-refractivity contribution is 5.92. The summed E-state index contributed by atoms with van der Waals surface area (Å²) >= 11 is 0. The van der Waals surface area contributed by atoms with Crippen molar-refractivity contribution in [1.82, 2.24) is 14.9 Å². The Hall–Kier alpha value is -3.95. The van der Waals surface area contributed by atoms with E-state index >= 15 is 0 Å². The van der Waals surface area contributed by atoms with Gasteiger partial charge in [0.1, 0.15) is 11.6 Å². The fourth-order valence-corrected chi connectivity index (χ4v) is 3.76. The fraction of sp³-hybridized carbons (Fsp3) is 0.348. The molecule has 10 nitrogen and oxygen atoms in total. The van der Waals surface area contributed by atoms with E-state index in [1.54, 1.807) is 31.3 Å². The lowest BCUT2D eigenvalue weighted by Crippen LogP contribution is -2.50. The van der Waals surface area contributed by atoms with E-state index in [2.05, 4.69) is 15.3 Å². The molecule has 3 N–H and O–H groups in total. The van der Waals surface area contributed by atoms with Crippen LogP contribution >= 0.6 is 0 Å². The first-order chi connectivity index (χ1) is 16.0. The Labute approximate surface area is 192 Å². The molecule has 0 aliphatic carbocycles. The van der Waals surface area contributed by atoms with E-state index in [0.29, 0.717) is 78.4 Å². The van der Waals surface area contributed by atoms with E-state index in [4.69, 9.17) is 19.9 Å². The largest absolute Gasteiger partial charge is 0.493 e. The molecule has 33 heavy (non-hydrogen) atoms. The normalized spacial score (nSPS) is 13.7. The molecule has 4 rings (SSSR count). The van der Waals surface area contributed by atoms with E-state index in [0.717, 1.165) is 0 Å². The van der Waals surface area contributed by atoms with Crippen molar-refractivity contribution < 1.29 is 19.0 Å². The lowest BCUT2D eigenvalue weighted by Gasteiger charge is -2.35. The fourth-order valence-electron chi connectivity index (χ4n) is 3.76. The number of methoxy groups -OCH3 is 2. The second kappa shape index (κ2) is 9.68. The maximum Gasteiger partial charge on any atom is 0.322 e. The number of carbonyl (C=O) groups excluding carboxylic acids is 1. The van der Waals surface area contributed by atoms with Gasteiger partial charge >= 0.3 is 6.03 Å². The molecule has 1 saturated heterocycles. The highest BCUT2D eigenvalue weighted by Gasteiger charge is 2.24. The molecule has 1 aromatic heterocycles. The maximum absolute atomic E-state index is 12.8. The van der Waals surface area contributed by atoms with Crippen molar-refractivity contribution in [2.24, 2.45) is 0 Å². The lowest BCUT2D eigenvalue weighted by atomic mass is 10.2. The number of rotatable bonds is 6. The molecule has 0 bridgehead atoms. The number of nitrogen functional groups attached to an aromatic ring is 1. The summed E-state index contributed by atoms with van der Waals surface area (Å²) in [5.74, 6) is 2.68. The van der Waals surface area contributed by atoms with Crippen LogP contribution in [0.4, 0.5) is 22.2 Å². The molecule has 10 heteroatoms. The van der Waals surface area contributed by atoms with Gasteiger partial charge in [-0.05, 0) is 25.1 Å². The Morgan fingerprint density at radius 2 is 1.73 bits per heavy atom. The minimum atomic E-state index is -0.169. The van der Waals surface area contributed by atoms with E-state index in [1.165, 1.54) is 0 Å². The highest BCUT2D eigenvalue weighted by atomic mass is 16.5. The van der Waals surface area contributed by atoms with Crippen LogP contribution in [0, 0.1) is 0 Å². The monoisotopic (exact) mass is 452 g/mol. The topological polar surface area (TPSA) is 115 Å². The molecule has 2 aromatic carbocycles. The van der Waals surface area contributed by atoms with Crippen LogP contribution in [0.2, 0.25) is 0 Å². The first-order valence-corrected chi connectivity index (χ1v) is 10.8. The Kier molecular flexibility index (Phi) is 6.53. The number of amides is 2. The number of piperazine rings is 1. The molecule has 1 aliphatic heterocycles. The summed E-state index contributed by atoms with van der Waals surface area (Å²) in [4.78, 5) is 25.7. The molecular weight excluding hydrogens is 424 g/mol. The molecule has 2 heterocycles. The molecule has 0 saturated carbocycles. The van der Waals surface area contributed by atoms with E-state index in [-0.39, 0.29) is 6.03 Å². The summed E-state index contributed by atoms with van der Waals surface area (Å²) in [5, 5.41) is 3.64. The number of ether oxygens (including phenoxy) is 3. The lowest BCUT2D eigenvalue weighted by molar-refractivity contribution is 0.207. The average molecular weight is 453 g/mol.